The van der Waals surface area contributed by atoms with Crippen molar-refractivity contribution >= 4 is 40.1 Å². The fourth-order valence-corrected chi connectivity index (χ4v) is 3.50. The van der Waals surface area contributed by atoms with Gasteiger partial charge in [0, 0.05) is 16.5 Å². The van der Waals surface area contributed by atoms with Crippen LogP contribution in [0.5, 0.6) is 5.75 Å². The first kappa shape index (κ1) is 18.8. The van der Waals surface area contributed by atoms with Gasteiger partial charge in [-0.05, 0) is 18.6 Å². The highest BCUT2D eigenvalue weighted by Crippen LogP contribution is 2.39. The number of hydrogen-bond donors (Lipinski definition) is 3. The minimum atomic E-state index is -0.975. The van der Waals surface area contributed by atoms with Gasteiger partial charge in [0.05, 0.1) is 17.1 Å². The topological polar surface area (TPSA) is 86.6 Å². The molecule has 0 aliphatic rings. The van der Waals surface area contributed by atoms with Gasteiger partial charge in [-0.2, -0.15) is 0 Å². The summed E-state index contributed by atoms with van der Waals surface area (Å²) in [6, 6.07) is 16.5. The average Bonchev–Trinajstić information content (AvgIpc) is 2.65. The van der Waals surface area contributed by atoms with Crippen LogP contribution in [0.4, 0.5) is 5.69 Å². The number of carbonyl (C=O) groups is 2. The van der Waals surface area contributed by atoms with Gasteiger partial charge in [-0.1, -0.05) is 54.1 Å². The number of nitrogens with one attached hydrogen (secondary N) is 1. The number of aromatic hydroxyl groups is 1. The highest BCUT2D eigenvalue weighted by atomic mass is 32.2. The molecule has 0 bridgehead atoms. The highest BCUT2D eigenvalue weighted by molar-refractivity contribution is 8.00. The summed E-state index contributed by atoms with van der Waals surface area (Å²) in [5.74, 6) is -1.31. The van der Waals surface area contributed by atoms with E-state index in [1.807, 2.05) is 43.3 Å². The monoisotopic (exact) mass is 381 g/mol. The Labute approximate surface area is 161 Å². The number of hydrogen-bond acceptors (Lipinski definition) is 4. The van der Waals surface area contributed by atoms with Crippen LogP contribution in [0.1, 0.15) is 11.1 Å². The van der Waals surface area contributed by atoms with Crippen LogP contribution in [-0.2, 0) is 16.0 Å². The number of thioether (sulfide) groups is 1. The normalized spacial score (nSPS) is 10.7. The second-order valence-electron chi connectivity index (χ2n) is 6.21. The van der Waals surface area contributed by atoms with E-state index in [4.69, 9.17) is 5.11 Å². The lowest BCUT2D eigenvalue weighted by Crippen LogP contribution is -2.14. The molecule has 3 N–H and O–H groups in total. The molecule has 5 nitrogen and oxygen atoms in total. The highest BCUT2D eigenvalue weighted by Gasteiger charge is 2.15. The number of rotatable bonds is 6. The molecule has 0 spiro atoms. The molecular formula is C21H19NO4S. The maximum atomic E-state index is 12.5. The van der Waals surface area contributed by atoms with E-state index < -0.39 is 5.97 Å². The van der Waals surface area contributed by atoms with Gasteiger partial charge in [0.25, 0.3) is 0 Å². The standard InChI is InChI=1S/C21H19NO4S/c1-13-6-8-14(9-7-13)10-19(23)22-17-11-18(27-12-20(24)25)21(26)16-5-3-2-4-15(16)17/h2-9,11,26H,10,12H2,1H3,(H,22,23)(H,24,25). The predicted octanol–water partition coefficient (Wildman–Crippen LogP) is 4.21. The lowest BCUT2D eigenvalue weighted by atomic mass is 10.1. The molecule has 0 saturated carbocycles. The van der Waals surface area contributed by atoms with Crippen LogP contribution in [0.25, 0.3) is 10.8 Å². The third-order valence-corrected chi connectivity index (χ3v) is 5.11. The molecule has 0 radical (unpaired) electrons. The first-order valence-electron chi connectivity index (χ1n) is 8.38. The number of phenols is 1. The molecule has 0 heterocycles. The van der Waals surface area contributed by atoms with Crippen molar-refractivity contribution in [1.29, 1.82) is 0 Å². The van der Waals surface area contributed by atoms with Gasteiger partial charge in [0.2, 0.25) is 5.91 Å². The Balaban J connectivity index is 1.89. The second kappa shape index (κ2) is 8.14. The molecule has 0 unspecified atom stereocenters. The van der Waals surface area contributed by atoms with Crippen molar-refractivity contribution < 1.29 is 19.8 Å². The van der Waals surface area contributed by atoms with Gasteiger partial charge < -0.3 is 15.5 Å². The fraction of sp³-hybridized carbons (Fsp3) is 0.143. The molecule has 0 aliphatic heterocycles. The van der Waals surface area contributed by atoms with Crippen molar-refractivity contribution in [2.24, 2.45) is 0 Å². The summed E-state index contributed by atoms with van der Waals surface area (Å²) >= 11 is 1.02. The number of carboxylic acids is 1. The van der Waals surface area contributed by atoms with E-state index in [2.05, 4.69) is 5.32 Å². The van der Waals surface area contributed by atoms with E-state index in [1.54, 1.807) is 18.2 Å². The molecule has 0 aliphatic carbocycles. The number of anilines is 1. The van der Waals surface area contributed by atoms with Crippen LogP contribution >= 0.6 is 11.8 Å². The van der Waals surface area contributed by atoms with Gasteiger partial charge in [0.1, 0.15) is 5.75 Å². The van der Waals surface area contributed by atoms with E-state index in [0.717, 1.165) is 22.9 Å². The van der Waals surface area contributed by atoms with Crippen molar-refractivity contribution in [3.8, 4) is 5.75 Å². The zero-order valence-electron chi connectivity index (χ0n) is 14.7. The Kier molecular flexibility index (Phi) is 5.66. The molecule has 3 rings (SSSR count). The third kappa shape index (κ3) is 4.60. The number of benzene rings is 3. The average molecular weight is 381 g/mol. The van der Waals surface area contributed by atoms with Gasteiger partial charge in [0.15, 0.2) is 0 Å². The molecular weight excluding hydrogens is 362 g/mol. The molecule has 0 fully saturated rings. The van der Waals surface area contributed by atoms with Crippen molar-refractivity contribution in [2.45, 2.75) is 18.2 Å². The zero-order valence-corrected chi connectivity index (χ0v) is 15.5. The number of amides is 1. The predicted molar refractivity (Wildman–Crippen MR) is 107 cm³/mol. The van der Waals surface area contributed by atoms with Crippen LogP contribution in [-0.4, -0.2) is 27.8 Å². The van der Waals surface area contributed by atoms with Crippen LogP contribution < -0.4 is 5.32 Å². The summed E-state index contributed by atoms with van der Waals surface area (Å²) in [6.07, 6.45) is 0.229. The first-order chi connectivity index (χ1) is 12.9. The number of aryl methyl sites for hydroxylation is 1. The lowest BCUT2D eigenvalue weighted by Gasteiger charge is -2.13. The van der Waals surface area contributed by atoms with E-state index >= 15 is 0 Å². The van der Waals surface area contributed by atoms with Crippen LogP contribution in [0.2, 0.25) is 0 Å². The fourth-order valence-electron chi connectivity index (χ4n) is 2.77. The molecule has 138 valence electrons. The summed E-state index contributed by atoms with van der Waals surface area (Å²) in [5.41, 5.74) is 2.58. The summed E-state index contributed by atoms with van der Waals surface area (Å²) in [7, 11) is 0. The molecule has 3 aromatic rings. The van der Waals surface area contributed by atoms with E-state index in [-0.39, 0.29) is 23.8 Å². The second-order valence-corrected chi connectivity index (χ2v) is 7.23. The Morgan fingerprint density at radius 2 is 1.70 bits per heavy atom. The summed E-state index contributed by atoms with van der Waals surface area (Å²) < 4.78 is 0. The number of phenolic OH excluding ortho intramolecular Hbond substituents is 1. The number of carboxylic acid groups (broad SMARTS) is 1. The molecule has 0 atom stereocenters. The Bertz CT molecular complexity index is 999. The molecule has 0 aromatic heterocycles. The SMILES string of the molecule is Cc1ccc(CC(=O)Nc2cc(SCC(=O)O)c(O)c3ccccc23)cc1. The number of aliphatic carboxylic acids is 1. The summed E-state index contributed by atoms with van der Waals surface area (Å²) in [4.78, 5) is 23.8. The molecule has 1 amide bonds. The van der Waals surface area contributed by atoms with Gasteiger partial charge in [-0.25, -0.2) is 0 Å². The van der Waals surface area contributed by atoms with Crippen molar-refractivity contribution in [3.05, 3.63) is 65.7 Å². The van der Waals surface area contributed by atoms with Crippen LogP contribution in [0, 0.1) is 6.92 Å². The zero-order chi connectivity index (χ0) is 19.4. The van der Waals surface area contributed by atoms with Crippen molar-refractivity contribution in [2.75, 3.05) is 11.1 Å². The van der Waals surface area contributed by atoms with E-state index in [9.17, 15) is 14.7 Å². The summed E-state index contributed by atoms with van der Waals surface area (Å²) in [6.45, 7) is 1.99. The molecule has 3 aromatic carbocycles. The van der Waals surface area contributed by atoms with Crippen molar-refractivity contribution in [1.82, 2.24) is 0 Å². The minimum absolute atomic E-state index is 0.0217. The largest absolute Gasteiger partial charge is 0.506 e. The lowest BCUT2D eigenvalue weighted by molar-refractivity contribution is -0.133. The van der Waals surface area contributed by atoms with E-state index in [1.165, 1.54) is 0 Å². The van der Waals surface area contributed by atoms with Crippen LogP contribution in [0.3, 0.4) is 0 Å². The van der Waals surface area contributed by atoms with Gasteiger partial charge in [-0.3, -0.25) is 9.59 Å². The maximum Gasteiger partial charge on any atom is 0.313 e. The summed E-state index contributed by atoms with van der Waals surface area (Å²) in [5, 5.41) is 23.5. The Hall–Kier alpha value is -2.99. The smallest absolute Gasteiger partial charge is 0.313 e. The molecule has 0 saturated heterocycles. The number of fused-ring (bicyclic) bond motifs is 1. The van der Waals surface area contributed by atoms with Gasteiger partial charge in [-0.15, -0.1) is 11.8 Å². The molecule has 6 heteroatoms. The Morgan fingerprint density at radius 3 is 2.37 bits per heavy atom. The van der Waals surface area contributed by atoms with E-state index in [0.29, 0.717) is 21.4 Å². The third-order valence-electron chi connectivity index (χ3n) is 4.09. The van der Waals surface area contributed by atoms with Gasteiger partial charge >= 0.3 is 5.97 Å². The Morgan fingerprint density at radius 1 is 1.04 bits per heavy atom. The van der Waals surface area contributed by atoms with Crippen LogP contribution in [0.15, 0.2) is 59.5 Å². The number of carbonyl (C=O) groups excluding carboxylic acids is 1. The quantitative estimate of drug-likeness (QED) is 0.440. The first-order valence-corrected chi connectivity index (χ1v) is 9.37. The molecule has 27 heavy (non-hydrogen) atoms. The van der Waals surface area contributed by atoms with Crippen molar-refractivity contribution in [3.63, 3.8) is 0 Å². The maximum absolute atomic E-state index is 12.5. The minimum Gasteiger partial charge on any atom is -0.506 e.